The number of imide groups is 1. The van der Waals surface area contributed by atoms with Gasteiger partial charge in [-0.05, 0) is 55.8 Å². The Kier molecular flexibility index (Phi) is 6.24. The zero-order valence-corrected chi connectivity index (χ0v) is 17.5. The number of carbonyl (C=O) groups is 4. The summed E-state index contributed by atoms with van der Waals surface area (Å²) < 4.78 is 5.40. The predicted octanol–water partition coefficient (Wildman–Crippen LogP) is 1.85. The molecule has 162 valence electrons. The second kappa shape index (κ2) is 8.86. The van der Waals surface area contributed by atoms with Gasteiger partial charge in [-0.25, -0.2) is 4.79 Å². The summed E-state index contributed by atoms with van der Waals surface area (Å²) in [4.78, 5) is 50.3. The highest BCUT2D eigenvalue weighted by Gasteiger charge is 2.49. The van der Waals surface area contributed by atoms with Gasteiger partial charge in [0.05, 0.1) is 6.61 Å². The molecule has 9 nitrogen and oxygen atoms in total. The predicted molar refractivity (Wildman–Crippen MR) is 114 cm³/mol. The maximum absolute atomic E-state index is 13.0. The van der Waals surface area contributed by atoms with Crippen LogP contribution in [0.5, 0.6) is 5.75 Å². The Hall–Kier alpha value is -3.88. The number of nitrogens with zero attached hydrogens (tertiary/aromatic N) is 1. The van der Waals surface area contributed by atoms with E-state index in [0.29, 0.717) is 29.2 Å². The van der Waals surface area contributed by atoms with Crippen LogP contribution < -0.4 is 20.7 Å². The first-order valence-electron chi connectivity index (χ1n) is 9.78. The van der Waals surface area contributed by atoms with Crippen molar-refractivity contribution >= 4 is 29.4 Å². The van der Waals surface area contributed by atoms with Gasteiger partial charge in [-0.1, -0.05) is 12.1 Å². The molecule has 0 unspecified atom stereocenters. The van der Waals surface area contributed by atoms with Gasteiger partial charge in [-0.15, -0.1) is 0 Å². The average Bonchev–Trinajstić information content (AvgIpc) is 2.98. The second-order valence-electron chi connectivity index (χ2n) is 7.11. The minimum absolute atomic E-state index is 0.245. The van der Waals surface area contributed by atoms with Gasteiger partial charge < -0.3 is 20.7 Å². The van der Waals surface area contributed by atoms with Crippen LogP contribution in [0.2, 0.25) is 0 Å². The van der Waals surface area contributed by atoms with E-state index in [1.807, 2.05) is 6.92 Å². The Balaban J connectivity index is 1.67. The molecule has 1 heterocycles. The molecule has 0 aliphatic carbocycles. The number of amides is 5. The lowest BCUT2D eigenvalue weighted by atomic mass is 9.92. The van der Waals surface area contributed by atoms with E-state index in [-0.39, 0.29) is 5.91 Å². The molecule has 1 saturated heterocycles. The number of benzene rings is 2. The quantitative estimate of drug-likeness (QED) is 0.587. The molecule has 0 radical (unpaired) electrons. The molecular formula is C22H24N4O5. The van der Waals surface area contributed by atoms with Gasteiger partial charge in [0, 0.05) is 18.3 Å². The fourth-order valence-electron chi connectivity index (χ4n) is 3.28. The minimum Gasteiger partial charge on any atom is -0.494 e. The SMILES string of the molecule is CCOc1ccc([C@]2(C)NC(=O)N(CC(=O)Nc3ccc(C(=O)NC)cc3)C2=O)cc1. The number of hydrogen-bond donors (Lipinski definition) is 3. The Morgan fingerprint density at radius 2 is 1.71 bits per heavy atom. The van der Waals surface area contributed by atoms with E-state index >= 15 is 0 Å². The molecule has 0 aromatic heterocycles. The van der Waals surface area contributed by atoms with Crippen molar-refractivity contribution in [3.63, 3.8) is 0 Å². The zero-order valence-electron chi connectivity index (χ0n) is 17.5. The first kappa shape index (κ1) is 21.8. The van der Waals surface area contributed by atoms with E-state index in [9.17, 15) is 19.2 Å². The molecule has 0 saturated carbocycles. The van der Waals surface area contributed by atoms with Crippen LogP contribution in [0.15, 0.2) is 48.5 Å². The van der Waals surface area contributed by atoms with Crippen molar-refractivity contribution in [1.29, 1.82) is 0 Å². The molecular weight excluding hydrogens is 400 g/mol. The van der Waals surface area contributed by atoms with Crippen LogP contribution in [0.1, 0.15) is 29.8 Å². The molecule has 1 atom stereocenters. The van der Waals surface area contributed by atoms with Crippen LogP contribution in [0.25, 0.3) is 0 Å². The number of urea groups is 1. The summed E-state index contributed by atoms with van der Waals surface area (Å²) in [6.07, 6.45) is 0. The Morgan fingerprint density at radius 3 is 2.29 bits per heavy atom. The number of carbonyl (C=O) groups excluding carboxylic acids is 4. The summed E-state index contributed by atoms with van der Waals surface area (Å²) >= 11 is 0. The van der Waals surface area contributed by atoms with Gasteiger partial charge in [-0.2, -0.15) is 0 Å². The number of hydrogen-bond acceptors (Lipinski definition) is 5. The summed E-state index contributed by atoms with van der Waals surface area (Å²) in [6.45, 7) is 3.55. The summed E-state index contributed by atoms with van der Waals surface area (Å²) in [6, 6.07) is 12.5. The van der Waals surface area contributed by atoms with E-state index in [4.69, 9.17) is 4.74 Å². The molecule has 3 rings (SSSR count). The third-order valence-electron chi connectivity index (χ3n) is 4.98. The van der Waals surface area contributed by atoms with E-state index in [1.165, 1.54) is 7.05 Å². The van der Waals surface area contributed by atoms with E-state index < -0.39 is 29.9 Å². The van der Waals surface area contributed by atoms with Crippen molar-refractivity contribution in [1.82, 2.24) is 15.5 Å². The molecule has 2 aromatic rings. The zero-order chi connectivity index (χ0) is 22.6. The number of anilines is 1. The van der Waals surface area contributed by atoms with Crippen LogP contribution in [0, 0.1) is 0 Å². The van der Waals surface area contributed by atoms with Crippen molar-refractivity contribution in [3.05, 3.63) is 59.7 Å². The smallest absolute Gasteiger partial charge is 0.325 e. The van der Waals surface area contributed by atoms with E-state index in [2.05, 4.69) is 16.0 Å². The van der Waals surface area contributed by atoms with Crippen LogP contribution in [0.4, 0.5) is 10.5 Å². The van der Waals surface area contributed by atoms with Crippen LogP contribution in [-0.2, 0) is 15.1 Å². The molecule has 1 aliphatic rings. The van der Waals surface area contributed by atoms with Crippen molar-refractivity contribution in [2.75, 3.05) is 25.5 Å². The van der Waals surface area contributed by atoms with Gasteiger partial charge in [-0.3, -0.25) is 19.3 Å². The summed E-state index contributed by atoms with van der Waals surface area (Å²) in [7, 11) is 1.53. The van der Waals surface area contributed by atoms with Crippen molar-refractivity contribution < 1.29 is 23.9 Å². The normalized spacial score (nSPS) is 17.8. The van der Waals surface area contributed by atoms with Gasteiger partial charge in [0.2, 0.25) is 5.91 Å². The van der Waals surface area contributed by atoms with Crippen LogP contribution in [-0.4, -0.2) is 48.9 Å². The highest BCUT2D eigenvalue weighted by Crippen LogP contribution is 2.30. The maximum Gasteiger partial charge on any atom is 0.325 e. The summed E-state index contributed by atoms with van der Waals surface area (Å²) in [5, 5.41) is 7.80. The minimum atomic E-state index is -1.28. The standard InChI is InChI=1S/C22H24N4O5/c1-4-31-17-11-7-15(8-12-17)22(2)20(29)26(21(30)25-22)13-18(27)24-16-9-5-14(6-10-16)19(28)23-3/h5-12H,4,13H2,1-3H3,(H,23,28)(H,24,27)(H,25,30)/t22-/m0/s1. The molecule has 0 bridgehead atoms. The number of ether oxygens (including phenoxy) is 1. The third-order valence-corrected chi connectivity index (χ3v) is 4.98. The van der Waals surface area contributed by atoms with E-state index in [1.54, 1.807) is 55.5 Å². The molecule has 1 fully saturated rings. The van der Waals surface area contributed by atoms with Crippen molar-refractivity contribution in [3.8, 4) is 5.75 Å². The van der Waals surface area contributed by atoms with Crippen molar-refractivity contribution in [2.45, 2.75) is 19.4 Å². The molecule has 0 spiro atoms. The van der Waals surface area contributed by atoms with E-state index in [0.717, 1.165) is 4.90 Å². The average molecular weight is 424 g/mol. The fraction of sp³-hybridized carbons (Fsp3) is 0.273. The second-order valence-corrected chi connectivity index (χ2v) is 7.11. The monoisotopic (exact) mass is 424 g/mol. The molecule has 9 heteroatoms. The number of nitrogens with one attached hydrogen (secondary N) is 3. The van der Waals surface area contributed by atoms with Gasteiger partial charge in [0.15, 0.2) is 0 Å². The topological polar surface area (TPSA) is 117 Å². The van der Waals surface area contributed by atoms with Gasteiger partial charge in [0.25, 0.3) is 11.8 Å². The first-order chi connectivity index (χ1) is 14.8. The highest BCUT2D eigenvalue weighted by molar-refractivity contribution is 6.10. The van der Waals surface area contributed by atoms with Crippen LogP contribution >= 0.6 is 0 Å². The van der Waals surface area contributed by atoms with Crippen LogP contribution in [0.3, 0.4) is 0 Å². The Morgan fingerprint density at radius 1 is 1.06 bits per heavy atom. The molecule has 5 amide bonds. The Labute approximate surface area is 179 Å². The van der Waals surface area contributed by atoms with Crippen molar-refractivity contribution in [2.24, 2.45) is 0 Å². The molecule has 1 aliphatic heterocycles. The lowest BCUT2D eigenvalue weighted by Crippen LogP contribution is -2.42. The molecule has 3 N–H and O–H groups in total. The summed E-state index contributed by atoms with van der Waals surface area (Å²) in [5.74, 6) is -0.644. The Bertz CT molecular complexity index is 1000. The molecule has 2 aromatic carbocycles. The largest absolute Gasteiger partial charge is 0.494 e. The maximum atomic E-state index is 13.0. The highest BCUT2D eigenvalue weighted by atomic mass is 16.5. The lowest BCUT2D eigenvalue weighted by molar-refractivity contribution is -0.133. The molecule has 31 heavy (non-hydrogen) atoms. The van der Waals surface area contributed by atoms with Gasteiger partial charge in [0.1, 0.15) is 17.8 Å². The first-order valence-corrected chi connectivity index (χ1v) is 9.78. The van der Waals surface area contributed by atoms with Gasteiger partial charge >= 0.3 is 6.03 Å². The fourth-order valence-corrected chi connectivity index (χ4v) is 3.28. The number of rotatable bonds is 7. The lowest BCUT2D eigenvalue weighted by Gasteiger charge is -2.22. The third kappa shape index (κ3) is 4.50. The summed E-state index contributed by atoms with van der Waals surface area (Å²) in [5.41, 5.74) is 0.193.